The van der Waals surface area contributed by atoms with Crippen molar-refractivity contribution in [3.63, 3.8) is 0 Å². The first-order chi connectivity index (χ1) is 3.93. The fourth-order valence-corrected chi connectivity index (χ4v) is 1.41. The molecule has 4 heteroatoms. The van der Waals surface area contributed by atoms with Gasteiger partial charge in [-0.1, -0.05) is 0 Å². The van der Waals surface area contributed by atoms with Crippen LogP contribution in [0.15, 0.2) is 0 Å². The van der Waals surface area contributed by atoms with Crippen LogP contribution >= 0.6 is 11.8 Å². The van der Waals surface area contributed by atoms with E-state index in [1.54, 1.807) is 18.2 Å². The Morgan fingerprint density at radius 2 is 2.75 bits per heavy atom. The molecule has 8 heavy (non-hydrogen) atoms. The molecule has 0 spiro atoms. The summed E-state index contributed by atoms with van der Waals surface area (Å²) >= 11 is 1.68. The molecule has 0 bridgehead atoms. The Bertz CT molecular complexity index is 82.1. The highest BCUT2D eigenvalue weighted by Gasteiger charge is 2.11. The Balaban J connectivity index is 2.14. The Hall–Kier alpha value is -0.220. The molecule has 0 aromatic carbocycles. The van der Waals surface area contributed by atoms with Crippen molar-refractivity contribution < 1.29 is 4.79 Å². The quantitative estimate of drug-likeness (QED) is 0.485. The molecular weight excluding hydrogens is 124 g/mol. The highest BCUT2D eigenvalue weighted by Crippen LogP contribution is 2.08. The van der Waals surface area contributed by atoms with Gasteiger partial charge in [0.2, 0.25) is 0 Å². The molecule has 1 fully saturated rings. The zero-order chi connectivity index (χ0) is 5.82. The van der Waals surface area contributed by atoms with Crippen LogP contribution in [-0.2, 0) is 4.79 Å². The van der Waals surface area contributed by atoms with E-state index < -0.39 is 0 Å². The molecule has 1 unspecified atom stereocenters. The van der Waals surface area contributed by atoms with E-state index in [0.717, 1.165) is 12.3 Å². The number of hydrogen-bond acceptors (Lipinski definition) is 3. The van der Waals surface area contributed by atoms with E-state index in [4.69, 9.17) is 0 Å². The molecule has 45 valence electrons. The maximum absolute atomic E-state index is 9.67. The maximum atomic E-state index is 9.67. The first-order valence-electron chi connectivity index (χ1n) is 2.41. The summed E-state index contributed by atoms with van der Waals surface area (Å²) < 4.78 is 0. The van der Waals surface area contributed by atoms with Gasteiger partial charge in [-0.3, -0.25) is 10.1 Å². The average molecular weight is 131 g/mol. The number of rotatable bonds is 2. The molecule has 1 amide bonds. The molecule has 2 N–H and O–H groups in total. The van der Waals surface area contributed by atoms with Crippen LogP contribution < -0.4 is 10.6 Å². The fraction of sp³-hybridized carbons (Fsp3) is 0.750. The summed E-state index contributed by atoms with van der Waals surface area (Å²) in [5.74, 6) is 1.07. The summed E-state index contributed by atoms with van der Waals surface area (Å²) in [6.07, 6.45) is 1.63. The van der Waals surface area contributed by atoms with E-state index in [0.29, 0.717) is 0 Å². The summed E-state index contributed by atoms with van der Waals surface area (Å²) in [4.78, 5) is 9.67. The standard InChI is InChI=1S/C4H7N2OS/c7-3-6-4-5-1-2-8-4/h4-5H,1-2H2,(H,6,7). The number of amides is 1. The Morgan fingerprint density at radius 1 is 1.88 bits per heavy atom. The van der Waals surface area contributed by atoms with Crippen LogP contribution in [0.5, 0.6) is 0 Å². The lowest BCUT2D eigenvalue weighted by atomic mass is 10.7. The van der Waals surface area contributed by atoms with E-state index in [9.17, 15) is 4.79 Å². The minimum Gasteiger partial charge on any atom is -0.323 e. The molecule has 1 aliphatic rings. The molecule has 1 heterocycles. The summed E-state index contributed by atoms with van der Waals surface area (Å²) in [5, 5.41) is 5.54. The Labute approximate surface area is 52.2 Å². The van der Waals surface area contributed by atoms with E-state index in [-0.39, 0.29) is 5.50 Å². The van der Waals surface area contributed by atoms with E-state index in [2.05, 4.69) is 10.6 Å². The molecule has 0 aromatic heterocycles. The van der Waals surface area contributed by atoms with Crippen molar-refractivity contribution in [3.05, 3.63) is 0 Å². The number of nitrogens with one attached hydrogen (secondary N) is 2. The topological polar surface area (TPSA) is 41.1 Å². The number of thioether (sulfide) groups is 1. The second-order valence-electron chi connectivity index (χ2n) is 1.45. The van der Waals surface area contributed by atoms with Gasteiger partial charge in [-0.25, -0.2) is 0 Å². The van der Waals surface area contributed by atoms with Gasteiger partial charge >= 0.3 is 6.41 Å². The zero-order valence-electron chi connectivity index (χ0n) is 4.31. The largest absolute Gasteiger partial charge is 0.323 e. The highest BCUT2D eigenvalue weighted by molar-refractivity contribution is 8.00. The Morgan fingerprint density at radius 3 is 3.25 bits per heavy atom. The van der Waals surface area contributed by atoms with Crippen LogP contribution in [0.2, 0.25) is 0 Å². The van der Waals surface area contributed by atoms with Crippen LogP contribution in [-0.4, -0.2) is 24.2 Å². The lowest BCUT2D eigenvalue weighted by molar-refractivity contribution is 0.532. The second kappa shape index (κ2) is 2.94. The smallest absolute Gasteiger partial charge is 0.311 e. The monoisotopic (exact) mass is 131 g/mol. The van der Waals surface area contributed by atoms with Crippen LogP contribution in [0.25, 0.3) is 0 Å². The minimum absolute atomic E-state index is 0.104. The van der Waals surface area contributed by atoms with Crippen LogP contribution in [0, 0.1) is 0 Å². The molecule has 3 nitrogen and oxygen atoms in total. The van der Waals surface area contributed by atoms with Gasteiger partial charge in [-0.05, 0) is 0 Å². The van der Waals surface area contributed by atoms with Gasteiger partial charge < -0.3 is 5.32 Å². The normalized spacial score (nSPS) is 27.8. The first kappa shape index (κ1) is 5.91. The van der Waals surface area contributed by atoms with Crippen molar-refractivity contribution in [1.82, 2.24) is 10.6 Å². The molecule has 1 saturated heterocycles. The van der Waals surface area contributed by atoms with E-state index >= 15 is 0 Å². The fourth-order valence-electron chi connectivity index (χ4n) is 0.572. The highest BCUT2D eigenvalue weighted by atomic mass is 32.2. The second-order valence-corrected chi connectivity index (χ2v) is 2.66. The van der Waals surface area contributed by atoms with Gasteiger partial charge in [-0.15, -0.1) is 11.8 Å². The van der Waals surface area contributed by atoms with Crippen molar-refractivity contribution >= 4 is 18.2 Å². The van der Waals surface area contributed by atoms with E-state index in [1.807, 2.05) is 0 Å². The summed E-state index contributed by atoms with van der Waals surface area (Å²) in [6.45, 7) is 0.976. The predicted octanol–water partition coefficient (Wildman–Crippen LogP) is -0.737. The van der Waals surface area contributed by atoms with Gasteiger partial charge in [0.25, 0.3) is 0 Å². The van der Waals surface area contributed by atoms with E-state index in [1.165, 1.54) is 0 Å². The van der Waals surface area contributed by atoms with Gasteiger partial charge in [0, 0.05) is 12.3 Å². The maximum Gasteiger partial charge on any atom is 0.311 e. The van der Waals surface area contributed by atoms with Crippen molar-refractivity contribution in [2.24, 2.45) is 0 Å². The van der Waals surface area contributed by atoms with Gasteiger partial charge in [0.05, 0.1) is 0 Å². The molecule has 0 saturated carbocycles. The molecule has 1 aliphatic heterocycles. The van der Waals surface area contributed by atoms with Gasteiger partial charge in [-0.2, -0.15) is 0 Å². The lowest BCUT2D eigenvalue weighted by Crippen LogP contribution is -2.33. The summed E-state index contributed by atoms with van der Waals surface area (Å²) in [5.41, 5.74) is 0.104. The number of carbonyl (C=O) groups excluding carboxylic acids is 1. The third kappa shape index (κ3) is 1.38. The first-order valence-corrected chi connectivity index (χ1v) is 3.46. The third-order valence-electron chi connectivity index (χ3n) is 0.906. The summed E-state index contributed by atoms with van der Waals surface area (Å²) in [7, 11) is 0. The number of hydrogen-bond donors (Lipinski definition) is 2. The third-order valence-corrected chi connectivity index (χ3v) is 1.96. The van der Waals surface area contributed by atoms with Crippen LogP contribution in [0.3, 0.4) is 0 Å². The molecule has 0 aliphatic carbocycles. The minimum atomic E-state index is 0.104. The predicted molar refractivity (Wildman–Crippen MR) is 33.1 cm³/mol. The van der Waals surface area contributed by atoms with Crippen LogP contribution in [0.4, 0.5) is 0 Å². The molecule has 1 atom stereocenters. The molecular formula is C4H7N2OS. The molecule has 1 rings (SSSR count). The van der Waals surface area contributed by atoms with Gasteiger partial charge in [0.15, 0.2) is 0 Å². The van der Waals surface area contributed by atoms with Gasteiger partial charge in [0.1, 0.15) is 5.50 Å². The average Bonchev–Trinajstić information content (AvgIpc) is 2.19. The molecule has 0 aromatic rings. The Kier molecular flexibility index (Phi) is 2.17. The SMILES string of the molecule is O=[C]NC1NCCS1. The van der Waals surface area contributed by atoms with Crippen molar-refractivity contribution in [2.45, 2.75) is 5.50 Å². The lowest BCUT2D eigenvalue weighted by Gasteiger charge is -2.03. The summed E-state index contributed by atoms with van der Waals surface area (Å²) in [6, 6.07) is 0. The van der Waals surface area contributed by atoms with Crippen molar-refractivity contribution in [3.8, 4) is 0 Å². The van der Waals surface area contributed by atoms with Crippen molar-refractivity contribution in [2.75, 3.05) is 12.3 Å². The van der Waals surface area contributed by atoms with Crippen molar-refractivity contribution in [1.29, 1.82) is 0 Å². The molecule has 1 radical (unpaired) electrons. The zero-order valence-corrected chi connectivity index (χ0v) is 5.12. The van der Waals surface area contributed by atoms with Crippen LogP contribution in [0.1, 0.15) is 0 Å².